The first-order chi connectivity index (χ1) is 12.7. The monoisotopic (exact) mass is 372 g/mol. The van der Waals surface area contributed by atoms with Gasteiger partial charge in [-0.05, 0) is 12.1 Å². The minimum atomic E-state index is -2.23. The summed E-state index contributed by atoms with van der Waals surface area (Å²) in [6.07, 6.45) is 0. The van der Waals surface area contributed by atoms with Crippen molar-refractivity contribution in [2.24, 2.45) is 0 Å². The van der Waals surface area contributed by atoms with Crippen LogP contribution in [0, 0.1) is 0 Å². The van der Waals surface area contributed by atoms with Gasteiger partial charge in [-0.3, -0.25) is 10.1 Å². The van der Waals surface area contributed by atoms with Crippen molar-refractivity contribution in [2.45, 2.75) is 5.54 Å². The Morgan fingerprint density at radius 3 is 1.59 bits per heavy atom. The number of para-hydroxylation sites is 2. The number of carboxylic acid groups (broad SMARTS) is 2. The van der Waals surface area contributed by atoms with Crippen LogP contribution in [0.2, 0.25) is 0 Å². The number of aromatic carboxylic acids is 2. The molecule has 0 unspecified atom stereocenters. The number of aromatic hydroxyl groups is 2. The van der Waals surface area contributed by atoms with Crippen LogP contribution in [0.15, 0.2) is 36.4 Å². The summed E-state index contributed by atoms with van der Waals surface area (Å²) in [4.78, 5) is 47.1. The molecular formula is C17H12N2O8. The molecule has 10 heteroatoms. The van der Waals surface area contributed by atoms with Gasteiger partial charge < -0.3 is 25.7 Å². The molecule has 1 aliphatic heterocycles. The maximum absolute atomic E-state index is 12.7. The average molecular weight is 372 g/mol. The lowest BCUT2D eigenvalue weighted by molar-refractivity contribution is -0.123. The zero-order valence-corrected chi connectivity index (χ0v) is 13.4. The lowest BCUT2D eigenvalue weighted by Crippen LogP contribution is -2.45. The molecule has 0 aromatic heterocycles. The summed E-state index contributed by atoms with van der Waals surface area (Å²) in [7, 11) is 0. The molecule has 1 aliphatic rings. The van der Waals surface area contributed by atoms with Crippen LogP contribution in [-0.4, -0.2) is 44.3 Å². The van der Waals surface area contributed by atoms with Gasteiger partial charge >= 0.3 is 18.0 Å². The topological polar surface area (TPSA) is 173 Å². The molecule has 3 amide bonds. The maximum atomic E-state index is 12.7. The SMILES string of the molecule is O=C1NC(=O)C(c2cccc(C(=O)O)c2O)(c2cccc(C(=O)O)c2O)N1. The number of nitrogens with one attached hydrogen (secondary N) is 2. The molecule has 2 aromatic rings. The molecule has 10 nitrogen and oxygen atoms in total. The van der Waals surface area contributed by atoms with E-state index in [1.54, 1.807) is 0 Å². The highest BCUT2D eigenvalue weighted by Crippen LogP contribution is 2.43. The number of carbonyl (C=O) groups excluding carboxylic acids is 2. The van der Waals surface area contributed by atoms with E-state index in [0.717, 1.165) is 12.1 Å². The predicted octanol–water partition coefficient (Wildman–Crippen LogP) is 0.577. The predicted molar refractivity (Wildman–Crippen MR) is 87.6 cm³/mol. The Morgan fingerprint density at radius 2 is 1.26 bits per heavy atom. The summed E-state index contributed by atoms with van der Waals surface area (Å²) in [6.45, 7) is 0. The Balaban J connectivity index is 2.39. The molecule has 2 aromatic carbocycles. The second-order valence-corrected chi connectivity index (χ2v) is 5.67. The standard InChI is InChI=1S/C17H12N2O8/c20-11-7(13(22)23)3-1-5-9(11)17(15(26)18-16(27)19-17)10-6-2-4-8(12(10)21)14(24)25/h1-6,20-21H,(H,22,23)(H,24,25)(H2,18,19,26,27). The van der Waals surface area contributed by atoms with E-state index in [4.69, 9.17) is 0 Å². The van der Waals surface area contributed by atoms with Crippen LogP contribution in [-0.2, 0) is 10.3 Å². The van der Waals surface area contributed by atoms with E-state index in [0.29, 0.717) is 0 Å². The lowest BCUT2D eigenvalue weighted by atomic mass is 9.80. The molecule has 1 fully saturated rings. The Labute approximate surface area is 150 Å². The molecular weight excluding hydrogens is 360 g/mol. The summed E-state index contributed by atoms with van der Waals surface area (Å²) in [6, 6.07) is 6.01. The first-order valence-corrected chi connectivity index (χ1v) is 7.45. The second kappa shape index (κ2) is 6.02. The highest BCUT2D eigenvalue weighted by Gasteiger charge is 2.53. The van der Waals surface area contributed by atoms with Crippen LogP contribution in [0.5, 0.6) is 11.5 Å². The third-order valence-electron chi connectivity index (χ3n) is 4.21. The average Bonchev–Trinajstić information content (AvgIpc) is 2.89. The van der Waals surface area contributed by atoms with Crippen LogP contribution in [0.4, 0.5) is 4.79 Å². The van der Waals surface area contributed by atoms with Gasteiger partial charge in [0.05, 0.1) is 0 Å². The van der Waals surface area contributed by atoms with Crippen LogP contribution in [0.25, 0.3) is 0 Å². The number of carbonyl (C=O) groups is 4. The molecule has 0 atom stereocenters. The van der Waals surface area contributed by atoms with Crippen molar-refractivity contribution in [1.29, 1.82) is 0 Å². The Kier molecular flexibility index (Phi) is 3.95. The molecule has 1 heterocycles. The van der Waals surface area contributed by atoms with Gasteiger partial charge in [0.1, 0.15) is 22.6 Å². The lowest BCUT2D eigenvalue weighted by Gasteiger charge is -2.29. The van der Waals surface area contributed by atoms with Crippen molar-refractivity contribution in [3.63, 3.8) is 0 Å². The largest absolute Gasteiger partial charge is 0.507 e. The van der Waals surface area contributed by atoms with E-state index in [1.165, 1.54) is 24.3 Å². The van der Waals surface area contributed by atoms with Crippen molar-refractivity contribution >= 4 is 23.9 Å². The number of urea groups is 1. The molecule has 27 heavy (non-hydrogen) atoms. The minimum absolute atomic E-state index is 0.344. The molecule has 1 saturated heterocycles. The van der Waals surface area contributed by atoms with Gasteiger partial charge in [0.2, 0.25) is 0 Å². The fourth-order valence-electron chi connectivity index (χ4n) is 3.02. The Morgan fingerprint density at radius 1 is 0.815 bits per heavy atom. The van der Waals surface area contributed by atoms with Gasteiger partial charge in [-0.15, -0.1) is 0 Å². The van der Waals surface area contributed by atoms with Crippen LogP contribution in [0.3, 0.4) is 0 Å². The number of phenols is 2. The number of hydrogen-bond acceptors (Lipinski definition) is 6. The highest BCUT2D eigenvalue weighted by atomic mass is 16.4. The van der Waals surface area contributed by atoms with E-state index in [2.05, 4.69) is 5.32 Å². The molecule has 0 saturated carbocycles. The Hall–Kier alpha value is -4.08. The molecule has 138 valence electrons. The van der Waals surface area contributed by atoms with Gasteiger partial charge in [0.25, 0.3) is 5.91 Å². The van der Waals surface area contributed by atoms with Crippen molar-refractivity contribution in [3.05, 3.63) is 58.7 Å². The van der Waals surface area contributed by atoms with Crippen molar-refractivity contribution in [2.75, 3.05) is 0 Å². The fourth-order valence-corrected chi connectivity index (χ4v) is 3.02. The van der Waals surface area contributed by atoms with Gasteiger partial charge in [-0.1, -0.05) is 24.3 Å². The fraction of sp³-hybridized carbons (Fsp3) is 0.0588. The smallest absolute Gasteiger partial charge is 0.339 e. The maximum Gasteiger partial charge on any atom is 0.339 e. The molecule has 3 rings (SSSR count). The molecule has 0 bridgehead atoms. The van der Waals surface area contributed by atoms with Gasteiger partial charge in [0.15, 0.2) is 5.54 Å². The number of benzene rings is 2. The summed E-state index contributed by atoms with van der Waals surface area (Å²) in [5, 5.41) is 43.4. The minimum Gasteiger partial charge on any atom is -0.507 e. The van der Waals surface area contributed by atoms with Crippen molar-refractivity contribution < 1.29 is 39.6 Å². The van der Waals surface area contributed by atoms with Crippen molar-refractivity contribution in [1.82, 2.24) is 10.6 Å². The van der Waals surface area contributed by atoms with E-state index in [1.807, 2.05) is 5.32 Å². The summed E-state index contributed by atoms with van der Waals surface area (Å²) < 4.78 is 0. The van der Waals surface area contributed by atoms with E-state index < -0.39 is 52.0 Å². The van der Waals surface area contributed by atoms with E-state index >= 15 is 0 Å². The first kappa shape index (κ1) is 17.7. The molecule has 0 spiro atoms. The summed E-state index contributed by atoms with van der Waals surface area (Å²) in [5.41, 5.74) is -4.01. The normalized spacial score (nSPS) is 15.1. The van der Waals surface area contributed by atoms with Crippen LogP contribution < -0.4 is 10.6 Å². The van der Waals surface area contributed by atoms with E-state index in [-0.39, 0.29) is 11.1 Å². The highest BCUT2D eigenvalue weighted by molar-refractivity contribution is 6.11. The van der Waals surface area contributed by atoms with Gasteiger partial charge in [-0.25, -0.2) is 14.4 Å². The zero-order valence-electron chi connectivity index (χ0n) is 13.4. The second-order valence-electron chi connectivity index (χ2n) is 5.67. The number of hydrogen-bond donors (Lipinski definition) is 6. The Bertz CT molecular complexity index is 950. The quantitative estimate of drug-likeness (QED) is 0.423. The molecule has 0 radical (unpaired) electrons. The van der Waals surface area contributed by atoms with Gasteiger partial charge in [0, 0.05) is 11.1 Å². The summed E-state index contributed by atoms with van der Waals surface area (Å²) >= 11 is 0. The summed E-state index contributed by atoms with van der Waals surface area (Å²) in [5.74, 6) is -5.64. The number of imide groups is 1. The van der Waals surface area contributed by atoms with Gasteiger partial charge in [-0.2, -0.15) is 0 Å². The number of amides is 3. The number of carboxylic acids is 2. The third-order valence-corrected chi connectivity index (χ3v) is 4.21. The molecule has 0 aliphatic carbocycles. The third kappa shape index (κ3) is 2.51. The molecule has 6 N–H and O–H groups in total. The van der Waals surface area contributed by atoms with Crippen molar-refractivity contribution in [3.8, 4) is 11.5 Å². The number of rotatable bonds is 4. The van der Waals surface area contributed by atoms with Crippen LogP contribution in [0.1, 0.15) is 31.8 Å². The van der Waals surface area contributed by atoms with E-state index in [9.17, 15) is 39.6 Å². The first-order valence-electron chi connectivity index (χ1n) is 7.45. The van der Waals surface area contributed by atoms with Crippen LogP contribution >= 0.6 is 0 Å². The zero-order chi connectivity index (χ0) is 19.9.